The Morgan fingerprint density at radius 1 is 1.14 bits per heavy atom. The molecule has 148 valence electrons. The predicted octanol–water partition coefficient (Wildman–Crippen LogP) is 2.74. The number of halogens is 2. The van der Waals surface area contributed by atoms with Crippen LogP contribution in [0.4, 0.5) is 19.3 Å². The molecule has 1 saturated heterocycles. The molecule has 1 N–H and O–H groups in total. The molecule has 0 spiro atoms. The van der Waals surface area contributed by atoms with Crippen molar-refractivity contribution in [3.05, 3.63) is 53.6 Å². The van der Waals surface area contributed by atoms with Gasteiger partial charge in [-0.3, -0.25) is 9.69 Å². The summed E-state index contributed by atoms with van der Waals surface area (Å²) in [5.41, 5.74) is 0.525. The van der Waals surface area contributed by atoms with Gasteiger partial charge in [-0.1, -0.05) is 0 Å². The van der Waals surface area contributed by atoms with E-state index in [9.17, 15) is 18.4 Å². The maximum absolute atomic E-state index is 13.2. The molecule has 1 aliphatic rings. The second kappa shape index (κ2) is 8.12. The van der Waals surface area contributed by atoms with Gasteiger partial charge in [-0.25, -0.2) is 13.6 Å². The number of methoxy groups -OCH3 is 2. The van der Waals surface area contributed by atoms with Gasteiger partial charge in [0, 0.05) is 11.6 Å². The molecule has 0 unspecified atom stereocenters. The van der Waals surface area contributed by atoms with E-state index in [1.165, 1.54) is 25.2 Å². The quantitative estimate of drug-likeness (QED) is 0.818. The third-order valence-electron chi connectivity index (χ3n) is 4.22. The number of anilines is 1. The molecule has 2 aromatic carbocycles. The normalized spacial score (nSPS) is 15.9. The molecule has 0 aromatic heterocycles. The van der Waals surface area contributed by atoms with Gasteiger partial charge in [0.1, 0.15) is 6.10 Å². The molecule has 2 aromatic rings. The van der Waals surface area contributed by atoms with E-state index in [0.717, 1.165) is 12.1 Å². The Balaban J connectivity index is 1.63. The first-order chi connectivity index (χ1) is 13.4. The predicted molar refractivity (Wildman–Crippen MR) is 95.9 cm³/mol. The van der Waals surface area contributed by atoms with Gasteiger partial charge in [0.2, 0.25) is 0 Å². The molecule has 1 heterocycles. The average molecular weight is 392 g/mol. The van der Waals surface area contributed by atoms with E-state index in [1.54, 1.807) is 18.2 Å². The number of cyclic esters (lactones) is 1. The lowest BCUT2D eigenvalue weighted by Gasteiger charge is -2.15. The number of hydrogen-bond donors (Lipinski definition) is 1. The largest absolute Gasteiger partial charge is 0.493 e. The van der Waals surface area contributed by atoms with Crippen molar-refractivity contribution in [3.63, 3.8) is 0 Å². The highest BCUT2D eigenvalue weighted by atomic mass is 19.2. The van der Waals surface area contributed by atoms with Crippen molar-refractivity contribution >= 4 is 17.7 Å². The van der Waals surface area contributed by atoms with E-state index in [-0.39, 0.29) is 18.7 Å². The lowest BCUT2D eigenvalue weighted by Crippen LogP contribution is -2.34. The first-order valence-corrected chi connectivity index (χ1v) is 8.36. The van der Waals surface area contributed by atoms with E-state index in [4.69, 9.17) is 14.2 Å². The molecule has 1 aliphatic heterocycles. The topological polar surface area (TPSA) is 77.1 Å². The van der Waals surface area contributed by atoms with Crippen LogP contribution < -0.4 is 19.7 Å². The highest BCUT2D eigenvalue weighted by Crippen LogP contribution is 2.33. The summed E-state index contributed by atoms with van der Waals surface area (Å²) in [6.07, 6.45) is -1.17. The minimum absolute atomic E-state index is 0.0212. The van der Waals surface area contributed by atoms with Crippen LogP contribution in [-0.2, 0) is 4.74 Å². The number of hydrogen-bond acceptors (Lipinski definition) is 5. The molecule has 1 atom stereocenters. The Labute approximate surface area is 159 Å². The van der Waals surface area contributed by atoms with Gasteiger partial charge >= 0.3 is 6.09 Å². The SMILES string of the molecule is COc1ccc(N2C[C@@H](CNC(=O)c3ccc(F)c(F)c3)OC2=O)cc1OC. The fraction of sp³-hybridized carbons (Fsp3) is 0.263. The first kappa shape index (κ1) is 19.4. The van der Waals surface area contributed by atoms with Crippen molar-refractivity contribution in [2.45, 2.75) is 6.10 Å². The number of ether oxygens (including phenoxy) is 3. The van der Waals surface area contributed by atoms with E-state index in [0.29, 0.717) is 17.2 Å². The molecule has 0 bridgehead atoms. The van der Waals surface area contributed by atoms with Crippen LogP contribution in [0.2, 0.25) is 0 Å². The van der Waals surface area contributed by atoms with Gasteiger partial charge in [0.15, 0.2) is 23.1 Å². The van der Waals surface area contributed by atoms with Crippen molar-refractivity contribution in [2.75, 3.05) is 32.2 Å². The molecule has 7 nitrogen and oxygen atoms in total. The summed E-state index contributed by atoms with van der Waals surface area (Å²) >= 11 is 0. The monoisotopic (exact) mass is 392 g/mol. The summed E-state index contributed by atoms with van der Waals surface area (Å²) < 4.78 is 41.8. The summed E-state index contributed by atoms with van der Waals surface area (Å²) in [5.74, 6) is -1.76. The summed E-state index contributed by atoms with van der Waals surface area (Å²) in [5, 5.41) is 2.54. The fourth-order valence-electron chi connectivity index (χ4n) is 2.78. The van der Waals surface area contributed by atoms with Gasteiger partial charge < -0.3 is 19.5 Å². The van der Waals surface area contributed by atoms with Gasteiger partial charge in [0.25, 0.3) is 5.91 Å². The molecular formula is C19H18F2N2O5. The van der Waals surface area contributed by atoms with E-state index in [1.807, 2.05) is 0 Å². The Hall–Kier alpha value is -3.36. The lowest BCUT2D eigenvalue weighted by atomic mass is 10.2. The second-order valence-electron chi connectivity index (χ2n) is 5.99. The van der Waals surface area contributed by atoms with Gasteiger partial charge in [-0.05, 0) is 30.3 Å². The summed E-state index contributed by atoms with van der Waals surface area (Å²) in [6.45, 7) is 0.222. The standard InChI is InChI=1S/C19H18F2N2O5/c1-26-16-6-4-12(8-17(16)27-2)23-10-13(28-19(23)25)9-22-18(24)11-3-5-14(20)15(21)7-11/h3-8,13H,9-10H2,1-2H3,(H,22,24)/t13-/m1/s1. The molecule has 0 aliphatic carbocycles. The van der Waals surface area contributed by atoms with E-state index >= 15 is 0 Å². The second-order valence-corrected chi connectivity index (χ2v) is 5.99. The van der Waals surface area contributed by atoms with Crippen LogP contribution in [0.25, 0.3) is 0 Å². The fourth-order valence-corrected chi connectivity index (χ4v) is 2.78. The zero-order valence-electron chi connectivity index (χ0n) is 15.2. The van der Waals surface area contributed by atoms with Crippen LogP contribution >= 0.6 is 0 Å². The number of carbonyl (C=O) groups excluding carboxylic acids is 2. The van der Waals surface area contributed by atoms with Crippen molar-refractivity contribution in [1.82, 2.24) is 5.32 Å². The van der Waals surface area contributed by atoms with Gasteiger partial charge in [-0.2, -0.15) is 0 Å². The van der Waals surface area contributed by atoms with Crippen molar-refractivity contribution in [3.8, 4) is 11.5 Å². The first-order valence-electron chi connectivity index (χ1n) is 8.36. The number of carbonyl (C=O) groups is 2. The number of benzene rings is 2. The molecular weight excluding hydrogens is 374 g/mol. The Kier molecular flexibility index (Phi) is 5.62. The minimum atomic E-state index is -1.11. The Morgan fingerprint density at radius 2 is 1.89 bits per heavy atom. The van der Waals surface area contributed by atoms with Crippen molar-refractivity contribution < 1.29 is 32.6 Å². The maximum Gasteiger partial charge on any atom is 0.414 e. The zero-order valence-corrected chi connectivity index (χ0v) is 15.2. The van der Waals surface area contributed by atoms with E-state index < -0.39 is 29.7 Å². The van der Waals surface area contributed by atoms with Crippen LogP contribution in [-0.4, -0.2) is 45.4 Å². The molecule has 2 amide bonds. The van der Waals surface area contributed by atoms with E-state index in [2.05, 4.69) is 5.32 Å². The third kappa shape index (κ3) is 3.98. The van der Waals surface area contributed by atoms with Crippen LogP contribution in [0.1, 0.15) is 10.4 Å². The van der Waals surface area contributed by atoms with Crippen LogP contribution in [0, 0.1) is 11.6 Å². The zero-order chi connectivity index (χ0) is 20.3. The maximum atomic E-state index is 13.2. The molecule has 3 rings (SSSR count). The molecule has 9 heteroatoms. The number of amides is 2. The third-order valence-corrected chi connectivity index (χ3v) is 4.22. The molecule has 0 radical (unpaired) electrons. The molecule has 1 fully saturated rings. The summed E-state index contributed by atoms with van der Waals surface area (Å²) in [4.78, 5) is 25.6. The summed E-state index contributed by atoms with van der Waals surface area (Å²) in [7, 11) is 2.99. The molecule has 0 saturated carbocycles. The Morgan fingerprint density at radius 3 is 2.57 bits per heavy atom. The van der Waals surface area contributed by atoms with Gasteiger partial charge in [-0.15, -0.1) is 0 Å². The Bertz CT molecular complexity index is 906. The van der Waals surface area contributed by atoms with Crippen LogP contribution in [0.15, 0.2) is 36.4 Å². The highest BCUT2D eigenvalue weighted by Gasteiger charge is 2.33. The number of nitrogens with one attached hydrogen (secondary N) is 1. The number of nitrogens with zero attached hydrogens (tertiary/aromatic N) is 1. The van der Waals surface area contributed by atoms with Crippen LogP contribution in [0.3, 0.4) is 0 Å². The van der Waals surface area contributed by atoms with Crippen molar-refractivity contribution in [2.24, 2.45) is 0 Å². The number of rotatable bonds is 6. The molecule has 28 heavy (non-hydrogen) atoms. The average Bonchev–Trinajstić information content (AvgIpc) is 3.08. The lowest BCUT2D eigenvalue weighted by molar-refractivity contribution is 0.0915. The minimum Gasteiger partial charge on any atom is -0.493 e. The highest BCUT2D eigenvalue weighted by molar-refractivity contribution is 5.94. The van der Waals surface area contributed by atoms with Gasteiger partial charge in [0.05, 0.1) is 33.0 Å². The van der Waals surface area contributed by atoms with Crippen LogP contribution in [0.5, 0.6) is 11.5 Å². The van der Waals surface area contributed by atoms with Crippen molar-refractivity contribution in [1.29, 1.82) is 0 Å². The summed E-state index contributed by atoms with van der Waals surface area (Å²) in [6, 6.07) is 7.84. The smallest absolute Gasteiger partial charge is 0.414 e.